The third kappa shape index (κ3) is 1.95. The van der Waals surface area contributed by atoms with Crippen molar-refractivity contribution in [3.63, 3.8) is 0 Å². The molecule has 0 bridgehead atoms. The number of hydrogen-bond acceptors (Lipinski definition) is 2. The lowest BCUT2D eigenvalue weighted by atomic mass is 10.1. The van der Waals surface area contributed by atoms with Crippen LogP contribution in [0.25, 0.3) is 0 Å². The topological polar surface area (TPSA) is 21.6 Å². The molecule has 0 radical (unpaired) electrons. The predicted molar refractivity (Wildman–Crippen MR) is 57.7 cm³/mol. The zero-order valence-corrected chi connectivity index (χ0v) is 8.60. The number of nitrogens with zero attached hydrogens (tertiary/aromatic N) is 1. The monoisotopic (exact) mass is 189 g/mol. The van der Waals surface area contributed by atoms with Gasteiger partial charge in [-0.1, -0.05) is 30.3 Å². The van der Waals surface area contributed by atoms with Crippen molar-refractivity contribution >= 4 is 5.90 Å². The van der Waals surface area contributed by atoms with Crippen LogP contribution in [0.3, 0.4) is 0 Å². The van der Waals surface area contributed by atoms with Gasteiger partial charge in [0.05, 0.1) is 13.2 Å². The molecule has 1 aliphatic rings. The van der Waals surface area contributed by atoms with Crippen LogP contribution in [0.2, 0.25) is 0 Å². The fourth-order valence-corrected chi connectivity index (χ4v) is 1.67. The number of methoxy groups -OCH3 is 1. The highest BCUT2D eigenvalue weighted by Crippen LogP contribution is 2.43. The summed E-state index contributed by atoms with van der Waals surface area (Å²) in [6.45, 7) is 1.90. The van der Waals surface area contributed by atoms with Gasteiger partial charge in [-0.2, -0.15) is 0 Å². The van der Waals surface area contributed by atoms with Gasteiger partial charge in [-0.3, -0.25) is 4.99 Å². The second-order valence-corrected chi connectivity index (χ2v) is 3.67. The summed E-state index contributed by atoms with van der Waals surface area (Å²) >= 11 is 0. The van der Waals surface area contributed by atoms with Gasteiger partial charge in [0.25, 0.3) is 0 Å². The second kappa shape index (κ2) is 3.82. The Morgan fingerprint density at radius 1 is 1.36 bits per heavy atom. The average molecular weight is 189 g/mol. The lowest BCUT2D eigenvalue weighted by Gasteiger charge is -1.98. The fraction of sp³-hybridized carbons (Fsp3) is 0.417. The molecule has 0 heterocycles. The van der Waals surface area contributed by atoms with E-state index < -0.39 is 0 Å². The molecule has 0 saturated heterocycles. The van der Waals surface area contributed by atoms with E-state index in [1.54, 1.807) is 7.11 Å². The third-order valence-electron chi connectivity index (χ3n) is 2.63. The Balaban J connectivity index is 2.00. The van der Waals surface area contributed by atoms with Crippen molar-refractivity contribution in [3.05, 3.63) is 35.9 Å². The summed E-state index contributed by atoms with van der Waals surface area (Å²) in [6.07, 6.45) is 1.16. The number of rotatable bonds is 2. The maximum atomic E-state index is 5.04. The lowest BCUT2D eigenvalue weighted by Crippen LogP contribution is -1.96. The highest BCUT2D eigenvalue weighted by molar-refractivity contribution is 5.73. The van der Waals surface area contributed by atoms with Crippen molar-refractivity contribution in [3.8, 4) is 0 Å². The van der Waals surface area contributed by atoms with E-state index in [0.29, 0.717) is 12.0 Å². The fourth-order valence-electron chi connectivity index (χ4n) is 1.67. The first-order chi connectivity index (χ1) is 6.81. The van der Waals surface area contributed by atoms with Crippen LogP contribution in [0.4, 0.5) is 0 Å². The van der Waals surface area contributed by atoms with E-state index in [1.807, 2.05) is 13.0 Å². The van der Waals surface area contributed by atoms with Gasteiger partial charge in [0.15, 0.2) is 5.90 Å². The minimum absolute atomic E-state index is 0.442. The van der Waals surface area contributed by atoms with Crippen LogP contribution >= 0.6 is 0 Å². The second-order valence-electron chi connectivity index (χ2n) is 3.67. The summed E-state index contributed by atoms with van der Waals surface area (Å²) in [6, 6.07) is 11.0. The molecule has 74 valence electrons. The summed E-state index contributed by atoms with van der Waals surface area (Å²) < 4.78 is 5.04. The van der Waals surface area contributed by atoms with E-state index in [-0.39, 0.29) is 0 Å². The van der Waals surface area contributed by atoms with Crippen LogP contribution in [0.1, 0.15) is 24.8 Å². The number of benzene rings is 1. The van der Waals surface area contributed by atoms with Crippen LogP contribution in [-0.2, 0) is 4.74 Å². The molecule has 1 fully saturated rings. The maximum absolute atomic E-state index is 5.04. The molecule has 2 nitrogen and oxygen atoms in total. The van der Waals surface area contributed by atoms with Crippen molar-refractivity contribution in [1.29, 1.82) is 0 Å². The molecule has 1 aromatic rings. The van der Waals surface area contributed by atoms with Crippen molar-refractivity contribution in [1.82, 2.24) is 0 Å². The molecular formula is C12H15NO. The van der Waals surface area contributed by atoms with Crippen LogP contribution in [0.15, 0.2) is 35.3 Å². The first kappa shape index (κ1) is 9.25. The number of ether oxygens (including phenoxy) is 1. The minimum atomic E-state index is 0.442. The predicted octanol–water partition coefficient (Wildman–Crippen LogP) is 2.61. The smallest absolute Gasteiger partial charge is 0.179 e. The summed E-state index contributed by atoms with van der Waals surface area (Å²) in [5.74, 6) is 1.40. The Kier molecular flexibility index (Phi) is 2.53. The van der Waals surface area contributed by atoms with Crippen molar-refractivity contribution in [2.45, 2.75) is 25.3 Å². The highest BCUT2D eigenvalue weighted by Gasteiger charge is 2.38. The van der Waals surface area contributed by atoms with E-state index in [1.165, 1.54) is 5.56 Å². The van der Waals surface area contributed by atoms with Crippen LogP contribution in [0.5, 0.6) is 0 Å². The van der Waals surface area contributed by atoms with E-state index in [9.17, 15) is 0 Å². The Labute approximate surface area is 84.6 Å². The zero-order chi connectivity index (χ0) is 9.97. The van der Waals surface area contributed by atoms with E-state index in [2.05, 4.69) is 29.3 Å². The van der Waals surface area contributed by atoms with Gasteiger partial charge in [0, 0.05) is 12.8 Å². The van der Waals surface area contributed by atoms with Gasteiger partial charge in [-0.15, -0.1) is 0 Å². The first-order valence-electron chi connectivity index (χ1n) is 4.94. The molecule has 2 heteroatoms. The first-order valence-corrected chi connectivity index (χ1v) is 4.94. The van der Waals surface area contributed by atoms with Crippen molar-refractivity contribution in [2.75, 3.05) is 7.11 Å². The van der Waals surface area contributed by atoms with Crippen LogP contribution < -0.4 is 0 Å². The summed E-state index contributed by atoms with van der Waals surface area (Å²) in [7, 11) is 1.67. The summed E-state index contributed by atoms with van der Waals surface area (Å²) in [4.78, 5) is 4.46. The normalized spacial score (nSPS) is 26.0. The van der Waals surface area contributed by atoms with E-state index >= 15 is 0 Å². The zero-order valence-electron chi connectivity index (χ0n) is 8.60. The maximum Gasteiger partial charge on any atom is 0.179 e. The van der Waals surface area contributed by atoms with Gasteiger partial charge in [-0.05, 0) is 12.0 Å². The molecule has 0 amide bonds. The molecule has 0 spiro atoms. The molecule has 1 aromatic carbocycles. The molecule has 0 aromatic heterocycles. The summed E-state index contributed by atoms with van der Waals surface area (Å²) in [5, 5.41) is 0. The largest absolute Gasteiger partial charge is 0.484 e. The number of aliphatic imine (C=N–C) groups is 1. The van der Waals surface area contributed by atoms with Crippen molar-refractivity contribution < 1.29 is 4.74 Å². The summed E-state index contributed by atoms with van der Waals surface area (Å²) in [5.41, 5.74) is 1.39. The van der Waals surface area contributed by atoms with Gasteiger partial charge in [0.1, 0.15) is 0 Å². The Bertz CT molecular complexity index is 331. The van der Waals surface area contributed by atoms with Gasteiger partial charge >= 0.3 is 0 Å². The Morgan fingerprint density at radius 3 is 2.71 bits per heavy atom. The molecule has 0 unspecified atom stereocenters. The molecule has 14 heavy (non-hydrogen) atoms. The van der Waals surface area contributed by atoms with Crippen LogP contribution in [0, 0.1) is 0 Å². The quantitative estimate of drug-likeness (QED) is 0.517. The third-order valence-corrected chi connectivity index (χ3v) is 2.63. The number of hydrogen-bond donors (Lipinski definition) is 0. The highest BCUT2D eigenvalue weighted by atomic mass is 16.5. The van der Waals surface area contributed by atoms with E-state index in [4.69, 9.17) is 4.74 Å². The standard InChI is InChI=1S/C12H15NO/c1-9(14-2)13-12-8-11(12)10-6-4-3-5-7-10/h3-7,11-12H,8H2,1-2H3/t11-,12+/m1/s1. The molecular weight excluding hydrogens is 174 g/mol. The SMILES string of the molecule is COC(C)=N[C@H]1C[C@@H]1c1ccccc1. The lowest BCUT2D eigenvalue weighted by molar-refractivity contribution is 0.397. The molecule has 1 aliphatic carbocycles. The van der Waals surface area contributed by atoms with Gasteiger partial charge < -0.3 is 4.74 Å². The van der Waals surface area contributed by atoms with Crippen molar-refractivity contribution in [2.24, 2.45) is 4.99 Å². The van der Waals surface area contributed by atoms with E-state index in [0.717, 1.165) is 12.3 Å². The molecule has 2 atom stereocenters. The minimum Gasteiger partial charge on any atom is -0.484 e. The van der Waals surface area contributed by atoms with Gasteiger partial charge in [-0.25, -0.2) is 0 Å². The van der Waals surface area contributed by atoms with Crippen LogP contribution in [-0.4, -0.2) is 19.0 Å². The molecule has 0 N–H and O–H groups in total. The molecule has 1 saturated carbocycles. The Hall–Kier alpha value is -1.31. The average Bonchev–Trinajstić information content (AvgIpc) is 2.98. The molecule has 0 aliphatic heterocycles. The Morgan fingerprint density at radius 2 is 2.07 bits per heavy atom. The van der Waals surface area contributed by atoms with Gasteiger partial charge in [0.2, 0.25) is 0 Å². The molecule has 2 rings (SSSR count).